The van der Waals surface area contributed by atoms with E-state index in [1.165, 1.54) is 0 Å². The molecule has 0 N–H and O–H groups in total. The van der Waals surface area contributed by atoms with E-state index in [4.69, 9.17) is 0 Å². The molecule has 27 heavy (non-hydrogen) atoms. The molecule has 0 aliphatic carbocycles. The lowest BCUT2D eigenvalue weighted by molar-refractivity contribution is 0.222. The van der Waals surface area contributed by atoms with E-state index in [-0.39, 0.29) is 0 Å². The minimum atomic E-state index is -3.50. The van der Waals surface area contributed by atoms with Crippen LogP contribution in [0.3, 0.4) is 0 Å². The zero-order valence-corrected chi connectivity index (χ0v) is 16.8. The van der Waals surface area contributed by atoms with Gasteiger partial charge in [-0.15, -0.1) is 0 Å². The van der Waals surface area contributed by atoms with Gasteiger partial charge in [0.05, 0.1) is 10.6 Å². The molecule has 1 aromatic carbocycles. The highest BCUT2D eigenvalue weighted by Gasteiger charge is 2.31. The molecule has 3 heterocycles. The summed E-state index contributed by atoms with van der Waals surface area (Å²) in [6.45, 7) is 7.44. The van der Waals surface area contributed by atoms with Gasteiger partial charge in [0.2, 0.25) is 10.0 Å². The van der Waals surface area contributed by atoms with Crippen molar-refractivity contribution in [3.8, 4) is 11.3 Å². The lowest BCUT2D eigenvalue weighted by atomic mass is 9.94. The van der Waals surface area contributed by atoms with Crippen LogP contribution in [0.15, 0.2) is 53.7 Å². The number of aromatic nitrogens is 2. The highest BCUT2D eigenvalue weighted by atomic mass is 32.2. The van der Waals surface area contributed by atoms with E-state index in [1.54, 1.807) is 22.5 Å². The molecule has 3 aromatic rings. The van der Waals surface area contributed by atoms with Gasteiger partial charge >= 0.3 is 0 Å². The van der Waals surface area contributed by atoms with Crippen LogP contribution in [-0.2, 0) is 10.0 Å². The SMILES string of the molecule is Cc1ccn2cc(-c3cccc(S(=O)(=O)N4C[C@@H](C)C[C@H](C)C4)c3)nc2c1. The number of benzene rings is 1. The minimum absolute atomic E-state index is 0.342. The average molecular weight is 384 g/mol. The first-order valence-corrected chi connectivity index (χ1v) is 10.8. The molecule has 2 atom stereocenters. The minimum Gasteiger partial charge on any atom is -0.306 e. The summed E-state index contributed by atoms with van der Waals surface area (Å²) in [6.07, 6.45) is 4.98. The van der Waals surface area contributed by atoms with Gasteiger partial charge in [-0.3, -0.25) is 0 Å². The molecule has 142 valence electrons. The second kappa shape index (κ2) is 6.77. The fourth-order valence-corrected chi connectivity index (χ4v) is 5.72. The number of pyridine rings is 1. The molecule has 1 aliphatic heterocycles. The Morgan fingerprint density at radius 1 is 1.07 bits per heavy atom. The predicted octanol–water partition coefficient (Wildman–Crippen LogP) is 3.98. The van der Waals surface area contributed by atoms with Crippen molar-refractivity contribution in [2.45, 2.75) is 32.1 Å². The van der Waals surface area contributed by atoms with Crippen molar-refractivity contribution in [3.05, 3.63) is 54.4 Å². The maximum atomic E-state index is 13.2. The zero-order valence-electron chi connectivity index (χ0n) is 16.0. The molecule has 1 aliphatic rings. The standard InChI is InChI=1S/C21H25N3O2S/c1-15-7-8-23-14-20(22-21(23)10-15)18-5-4-6-19(11-18)27(25,26)24-12-16(2)9-17(3)13-24/h4-8,10-11,14,16-17H,9,12-13H2,1-3H3/t16-,17-/m0/s1. The van der Waals surface area contributed by atoms with Gasteiger partial charge < -0.3 is 4.40 Å². The van der Waals surface area contributed by atoms with Crippen LogP contribution in [0.25, 0.3) is 16.9 Å². The Balaban J connectivity index is 1.71. The van der Waals surface area contributed by atoms with Crippen LogP contribution >= 0.6 is 0 Å². The molecule has 0 radical (unpaired) electrons. The van der Waals surface area contributed by atoms with Crippen LogP contribution < -0.4 is 0 Å². The third-order valence-electron chi connectivity index (χ3n) is 5.22. The highest BCUT2D eigenvalue weighted by molar-refractivity contribution is 7.89. The van der Waals surface area contributed by atoms with E-state index in [9.17, 15) is 8.42 Å². The average Bonchev–Trinajstić information content (AvgIpc) is 3.04. The summed E-state index contributed by atoms with van der Waals surface area (Å²) < 4.78 is 30.0. The van der Waals surface area contributed by atoms with Gasteiger partial charge in [0, 0.05) is 31.0 Å². The number of hydrogen-bond donors (Lipinski definition) is 0. The Morgan fingerprint density at radius 3 is 2.56 bits per heavy atom. The Morgan fingerprint density at radius 2 is 1.81 bits per heavy atom. The van der Waals surface area contributed by atoms with Crippen molar-refractivity contribution in [3.63, 3.8) is 0 Å². The van der Waals surface area contributed by atoms with Gasteiger partial charge in [-0.25, -0.2) is 13.4 Å². The van der Waals surface area contributed by atoms with Crippen LogP contribution in [0.2, 0.25) is 0 Å². The molecule has 0 saturated carbocycles. The molecule has 1 fully saturated rings. The molecule has 2 aromatic heterocycles. The largest absolute Gasteiger partial charge is 0.306 e. The first-order valence-electron chi connectivity index (χ1n) is 9.39. The van der Waals surface area contributed by atoms with Gasteiger partial charge in [0.25, 0.3) is 0 Å². The summed E-state index contributed by atoms with van der Waals surface area (Å²) >= 11 is 0. The highest BCUT2D eigenvalue weighted by Crippen LogP contribution is 2.29. The Labute approximate surface area is 160 Å². The molecular formula is C21H25N3O2S. The van der Waals surface area contributed by atoms with Crippen molar-refractivity contribution in [2.24, 2.45) is 11.8 Å². The van der Waals surface area contributed by atoms with E-state index in [1.807, 2.05) is 41.9 Å². The number of rotatable bonds is 3. The molecule has 0 unspecified atom stereocenters. The zero-order chi connectivity index (χ0) is 19.2. The number of aryl methyl sites for hydroxylation is 1. The fraction of sp³-hybridized carbons (Fsp3) is 0.381. The third-order valence-corrected chi connectivity index (χ3v) is 7.05. The summed E-state index contributed by atoms with van der Waals surface area (Å²) in [7, 11) is -3.50. The lowest BCUT2D eigenvalue weighted by Crippen LogP contribution is -2.42. The Bertz CT molecular complexity index is 1080. The topological polar surface area (TPSA) is 54.7 Å². The number of sulfonamides is 1. The lowest BCUT2D eigenvalue weighted by Gasteiger charge is -2.34. The van der Waals surface area contributed by atoms with Crippen molar-refractivity contribution in [1.29, 1.82) is 0 Å². The Kier molecular flexibility index (Phi) is 4.56. The number of nitrogens with zero attached hydrogens (tertiary/aromatic N) is 3. The predicted molar refractivity (Wildman–Crippen MR) is 107 cm³/mol. The Hall–Kier alpha value is -2.18. The summed E-state index contributed by atoms with van der Waals surface area (Å²) in [4.78, 5) is 5.00. The van der Waals surface area contributed by atoms with E-state index in [0.717, 1.165) is 28.9 Å². The maximum absolute atomic E-state index is 13.2. The molecule has 0 amide bonds. The van der Waals surface area contributed by atoms with E-state index < -0.39 is 10.0 Å². The molecule has 4 rings (SSSR count). The number of fused-ring (bicyclic) bond motifs is 1. The molecular weight excluding hydrogens is 358 g/mol. The summed E-state index contributed by atoms with van der Waals surface area (Å²) in [5, 5.41) is 0. The second-order valence-corrected chi connectivity index (χ2v) is 9.83. The van der Waals surface area contributed by atoms with Gasteiger partial charge in [-0.05, 0) is 55.0 Å². The number of piperidine rings is 1. The van der Waals surface area contributed by atoms with Crippen molar-refractivity contribution in [1.82, 2.24) is 13.7 Å². The summed E-state index contributed by atoms with van der Waals surface area (Å²) in [5.41, 5.74) is 3.59. The van der Waals surface area contributed by atoms with Crippen molar-refractivity contribution >= 4 is 15.7 Å². The quantitative estimate of drug-likeness (QED) is 0.687. The van der Waals surface area contributed by atoms with Crippen LogP contribution in [-0.4, -0.2) is 35.2 Å². The monoisotopic (exact) mass is 383 g/mol. The van der Waals surface area contributed by atoms with Crippen LogP contribution in [0.1, 0.15) is 25.8 Å². The number of hydrogen-bond acceptors (Lipinski definition) is 3. The summed E-state index contributed by atoms with van der Waals surface area (Å²) in [6, 6.07) is 11.2. The van der Waals surface area contributed by atoms with Crippen molar-refractivity contribution < 1.29 is 8.42 Å². The van der Waals surface area contributed by atoms with Gasteiger partial charge in [-0.1, -0.05) is 26.0 Å². The van der Waals surface area contributed by atoms with E-state index in [2.05, 4.69) is 18.8 Å². The fourth-order valence-electron chi connectivity index (χ4n) is 3.99. The van der Waals surface area contributed by atoms with E-state index >= 15 is 0 Å². The number of imidazole rings is 1. The van der Waals surface area contributed by atoms with Gasteiger partial charge in [-0.2, -0.15) is 4.31 Å². The maximum Gasteiger partial charge on any atom is 0.243 e. The normalized spacial score (nSPS) is 21.6. The van der Waals surface area contributed by atoms with Crippen LogP contribution in [0.4, 0.5) is 0 Å². The molecule has 0 spiro atoms. The smallest absolute Gasteiger partial charge is 0.243 e. The summed E-state index contributed by atoms with van der Waals surface area (Å²) in [5.74, 6) is 0.766. The van der Waals surface area contributed by atoms with Gasteiger partial charge in [0.15, 0.2) is 0 Å². The van der Waals surface area contributed by atoms with E-state index in [0.29, 0.717) is 29.8 Å². The second-order valence-electron chi connectivity index (χ2n) is 7.89. The van der Waals surface area contributed by atoms with Gasteiger partial charge in [0.1, 0.15) is 5.65 Å². The first-order chi connectivity index (χ1) is 12.8. The van der Waals surface area contributed by atoms with Crippen molar-refractivity contribution in [2.75, 3.05) is 13.1 Å². The van der Waals surface area contributed by atoms with Crippen LogP contribution in [0, 0.1) is 18.8 Å². The first kappa shape index (κ1) is 18.2. The molecule has 6 heteroatoms. The molecule has 0 bridgehead atoms. The van der Waals surface area contributed by atoms with Crippen LogP contribution in [0.5, 0.6) is 0 Å². The molecule has 1 saturated heterocycles. The third kappa shape index (κ3) is 3.51. The molecule has 5 nitrogen and oxygen atoms in total.